The predicted molar refractivity (Wildman–Crippen MR) is 240 cm³/mol. The maximum atomic E-state index is 14.5. The van der Waals surface area contributed by atoms with Crippen molar-refractivity contribution in [1.29, 1.82) is 0 Å². The second-order valence-corrected chi connectivity index (χ2v) is 22.1. The molecule has 9 rings (SSSR count). The Labute approximate surface area is 382 Å². The van der Waals surface area contributed by atoms with Gasteiger partial charge in [0, 0.05) is 78.6 Å². The molecule has 4 aromatic rings. The normalized spacial score (nSPS) is 20.4. The number of aryl methyl sites for hydroxylation is 2. The van der Waals surface area contributed by atoms with Gasteiger partial charge in [-0.05, 0) is 82.8 Å². The lowest BCUT2D eigenvalue weighted by Gasteiger charge is -2.34. The van der Waals surface area contributed by atoms with Crippen LogP contribution < -0.4 is 0 Å². The van der Waals surface area contributed by atoms with Crippen molar-refractivity contribution in [2.45, 2.75) is 114 Å². The van der Waals surface area contributed by atoms with Gasteiger partial charge in [0.15, 0.2) is 23.3 Å². The summed E-state index contributed by atoms with van der Waals surface area (Å²) >= 11 is 17.9. The van der Waals surface area contributed by atoms with Crippen LogP contribution in [0.15, 0.2) is 49.1 Å². The molecule has 336 valence electrons. The Hall–Kier alpha value is -3.51. The van der Waals surface area contributed by atoms with Gasteiger partial charge in [-0.3, -0.25) is 9.97 Å². The molecule has 0 amide bonds. The average molecular weight is 962 g/mol. The Morgan fingerprint density at radius 2 is 1.14 bits per heavy atom. The van der Waals surface area contributed by atoms with Gasteiger partial charge in [-0.1, -0.05) is 48.2 Å². The molecule has 0 bridgehead atoms. The van der Waals surface area contributed by atoms with E-state index in [4.69, 9.17) is 34.8 Å². The summed E-state index contributed by atoms with van der Waals surface area (Å²) in [6, 6.07) is 3.40. The van der Waals surface area contributed by atoms with E-state index in [0.717, 1.165) is 85.0 Å². The van der Waals surface area contributed by atoms with E-state index in [1.165, 1.54) is 12.4 Å². The summed E-state index contributed by atoms with van der Waals surface area (Å²) in [4.78, 5) is 26.1. The van der Waals surface area contributed by atoms with Crippen molar-refractivity contribution in [1.82, 2.24) is 38.5 Å². The topological polar surface area (TPSA) is 152 Å². The molecule has 1 unspecified atom stereocenters. The summed E-state index contributed by atoms with van der Waals surface area (Å²) in [5, 5.41) is 0.833. The Balaban J connectivity index is 0.000000173. The quantitative estimate of drug-likeness (QED) is 0.113. The zero-order valence-corrected chi connectivity index (χ0v) is 38.6. The third-order valence-corrected chi connectivity index (χ3v) is 17.4. The van der Waals surface area contributed by atoms with Gasteiger partial charge >= 0.3 is 0 Å². The molecule has 0 radical (unpaired) electrons. The number of hydrogen-bond donors (Lipinski definition) is 0. The van der Waals surface area contributed by atoms with E-state index in [0.29, 0.717) is 97.0 Å². The molecular formula is C44H49Cl3F2N8O4S2. The Kier molecular flexibility index (Phi) is 14.6. The number of aromatic nitrogens is 6. The number of nitrogens with zero attached hydrogens (tertiary/aromatic N) is 8. The molecule has 3 fully saturated rings. The van der Waals surface area contributed by atoms with Crippen LogP contribution in [0.3, 0.4) is 0 Å². The van der Waals surface area contributed by atoms with Crippen LogP contribution in [0.25, 0.3) is 11.1 Å². The van der Waals surface area contributed by atoms with Gasteiger partial charge in [0.2, 0.25) is 20.0 Å². The van der Waals surface area contributed by atoms with E-state index >= 15 is 0 Å². The second kappa shape index (κ2) is 19.9. The fourth-order valence-electron chi connectivity index (χ4n) is 8.93. The van der Waals surface area contributed by atoms with Gasteiger partial charge in [0.1, 0.15) is 0 Å². The van der Waals surface area contributed by atoms with Crippen molar-refractivity contribution < 1.29 is 25.6 Å². The highest BCUT2D eigenvalue weighted by atomic mass is 35.5. The van der Waals surface area contributed by atoms with Crippen LogP contribution in [0.2, 0.25) is 10.0 Å². The highest BCUT2D eigenvalue weighted by molar-refractivity contribution is 7.90. The van der Waals surface area contributed by atoms with Gasteiger partial charge in [0.25, 0.3) is 0 Å². The highest BCUT2D eigenvalue weighted by Crippen LogP contribution is 2.37. The molecule has 5 aliphatic rings. The van der Waals surface area contributed by atoms with Crippen molar-refractivity contribution in [2.75, 3.05) is 24.7 Å². The van der Waals surface area contributed by atoms with Crippen LogP contribution in [-0.2, 0) is 45.7 Å². The minimum Gasteiger partial charge on any atom is -0.259 e. The first kappa shape index (κ1) is 46.0. The van der Waals surface area contributed by atoms with Crippen molar-refractivity contribution in [2.24, 2.45) is 0 Å². The number of piperidine rings is 2. The van der Waals surface area contributed by atoms with E-state index in [1.54, 1.807) is 21.0 Å². The molecule has 63 heavy (non-hydrogen) atoms. The van der Waals surface area contributed by atoms with Crippen molar-refractivity contribution in [3.8, 4) is 0 Å². The lowest BCUT2D eigenvalue weighted by atomic mass is 9.99. The van der Waals surface area contributed by atoms with Crippen molar-refractivity contribution >= 4 is 66.0 Å². The molecule has 12 nitrogen and oxygen atoms in total. The maximum Gasteiger partial charge on any atom is 0.217 e. The Bertz CT molecular complexity index is 2640. The average Bonchev–Trinajstić information content (AvgIpc) is 3.96. The molecule has 4 aromatic heterocycles. The smallest absolute Gasteiger partial charge is 0.217 e. The van der Waals surface area contributed by atoms with Gasteiger partial charge in [-0.2, -0.15) is 8.61 Å². The summed E-state index contributed by atoms with van der Waals surface area (Å²) in [5.74, 6) is 0.295. The number of hydrogen-bond acceptors (Lipinski definition) is 10. The second-order valence-electron chi connectivity index (χ2n) is 16.6. The van der Waals surface area contributed by atoms with Crippen molar-refractivity contribution in [3.63, 3.8) is 0 Å². The first-order valence-electron chi connectivity index (χ1n) is 21.6. The molecule has 3 aliphatic carbocycles. The lowest BCUT2D eigenvalue weighted by molar-refractivity contribution is 0.239. The molecular weight excluding hydrogens is 913 g/mol. The van der Waals surface area contributed by atoms with Crippen LogP contribution >= 0.6 is 34.8 Å². The standard InChI is InChI=1S/C22H25Cl2FN4O2S.C22H24ClFN4O2S/c23-9-3-11-32(30,31)29-10-2-1-4-16(29)5-7-21-19(25)14-27-22(28-21)17-6-8-20-18(17)12-15(24)13-26-20;23-14-11-18-17(7-9-20(18)25-12-14)22-26-13-19(24)21(27-22)8-4-15-3-1-2-10-28(15)31(29,30)16-5-6-16/h6,12-14,16H,1-5,7-11H2;7,11-13,15-16H,1-6,8-10H2/t;15-/m.0/s1. The van der Waals surface area contributed by atoms with E-state index in [1.807, 2.05) is 24.3 Å². The Morgan fingerprint density at radius 1 is 0.651 bits per heavy atom. The first-order chi connectivity index (χ1) is 30.3. The number of fused-ring (bicyclic) bond motifs is 2. The summed E-state index contributed by atoms with van der Waals surface area (Å²) in [5.41, 5.74) is 5.74. The first-order valence-corrected chi connectivity index (χ1v) is 26.0. The number of halogens is 5. The molecule has 2 aliphatic heterocycles. The molecule has 0 N–H and O–H groups in total. The Morgan fingerprint density at radius 3 is 1.63 bits per heavy atom. The van der Waals surface area contributed by atoms with Crippen molar-refractivity contribution in [3.05, 3.63) is 116 Å². The van der Waals surface area contributed by atoms with Gasteiger partial charge in [-0.25, -0.2) is 45.6 Å². The number of allylic oxidation sites excluding steroid dienone is 2. The van der Waals surface area contributed by atoms with E-state index in [9.17, 15) is 25.6 Å². The molecule has 2 atom stereocenters. The van der Waals surface area contributed by atoms with Crippen LogP contribution in [0, 0.1) is 11.6 Å². The number of pyridine rings is 2. The molecule has 2 saturated heterocycles. The van der Waals surface area contributed by atoms with E-state index in [2.05, 4.69) is 29.9 Å². The summed E-state index contributed by atoms with van der Waals surface area (Å²) in [6.07, 6.45) is 19.8. The zero-order valence-electron chi connectivity index (χ0n) is 34.7. The summed E-state index contributed by atoms with van der Waals surface area (Å²) in [6.45, 7) is 1.07. The fourth-order valence-corrected chi connectivity index (χ4v) is 13.5. The largest absolute Gasteiger partial charge is 0.259 e. The van der Waals surface area contributed by atoms with Crippen LogP contribution in [0.4, 0.5) is 8.78 Å². The third-order valence-electron chi connectivity index (χ3n) is 12.3. The lowest BCUT2D eigenvalue weighted by Crippen LogP contribution is -2.45. The molecule has 0 aromatic carbocycles. The van der Waals surface area contributed by atoms with Crippen LogP contribution in [0.1, 0.15) is 116 Å². The summed E-state index contributed by atoms with van der Waals surface area (Å²) in [7, 11) is -6.61. The minimum absolute atomic E-state index is 0.0448. The zero-order chi connectivity index (χ0) is 44.3. The molecule has 6 heterocycles. The van der Waals surface area contributed by atoms with Gasteiger partial charge in [0.05, 0.1) is 56.2 Å². The van der Waals surface area contributed by atoms with E-state index < -0.39 is 31.7 Å². The fraction of sp³-hybridized carbons (Fsp3) is 0.500. The van der Waals surface area contributed by atoms with Gasteiger partial charge in [-0.15, -0.1) is 11.6 Å². The number of alkyl halides is 1. The SMILES string of the molecule is O=S(=O)(C1CC1)N1CCCC[C@H]1CCc1nc(C2=CCc3ncc(Cl)cc32)ncc1F.O=S(=O)(CCCCl)N1CCCCC1CCc1nc(C2=CCc3ncc(Cl)cc32)ncc1F. The maximum absolute atomic E-state index is 14.5. The summed E-state index contributed by atoms with van der Waals surface area (Å²) < 4.78 is 83.5. The molecule has 0 spiro atoms. The highest BCUT2D eigenvalue weighted by Gasteiger charge is 2.43. The molecule has 1 saturated carbocycles. The monoisotopic (exact) mass is 960 g/mol. The minimum atomic E-state index is -3.37. The predicted octanol–water partition coefficient (Wildman–Crippen LogP) is 8.33. The molecule has 19 heteroatoms. The number of sulfonamides is 2. The van der Waals surface area contributed by atoms with Crippen LogP contribution in [-0.4, -0.2) is 97.4 Å². The van der Waals surface area contributed by atoms with Crippen LogP contribution in [0.5, 0.6) is 0 Å². The van der Waals surface area contributed by atoms with E-state index in [-0.39, 0.29) is 23.1 Å². The van der Waals surface area contributed by atoms with Gasteiger partial charge < -0.3 is 0 Å². The third kappa shape index (κ3) is 10.6. The number of rotatable bonds is 14.